The van der Waals surface area contributed by atoms with E-state index in [9.17, 15) is 0 Å². The Hall–Kier alpha value is -2.73. The second-order valence-electron chi connectivity index (χ2n) is 6.13. The molecule has 130 valence electrons. The van der Waals surface area contributed by atoms with Crippen molar-refractivity contribution in [1.29, 1.82) is 0 Å². The number of aromatic nitrogens is 4. The summed E-state index contributed by atoms with van der Waals surface area (Å²) in [7, 11) is 0. The number of nitrogens with one attached hydrogen (secondary N) is 1. The smallest absolute Gasteiger partial charge is 0.182 e. The van der Waals surface area contributed by atoms with Crippen molar-refractivity contribution in [3.05, 3.63) is 76.2 Å². The van der Waals surface area contributed by atoms with Gasteiger partial charge in [-0.2, -0.15) is 0 Å². The molecule has 5 nitrogen and oxygen atoms in total. The Bertz CT molecular complexity index is 1060. The van der Waals surface area contributed by atoms with Crippen LogP contribution < -0.4 is 5.32 Å². The summed E-state index contributed by atoms with van der Waals surface area (Å²) in [5, 5.41) is 8.16. The number of halogens is 1. The minimum absolute atomic E-state index is 0.668. The number of nitrogens with zero attached hydrogens (tertiary/aromatic N) is 4. The van der Waals surface area contributed by atoms with Crippen LogP contribution in [0.5, 0.6) is 0 Å². The van der Waals surface area contributed by atoms with E-state index in [-0.39, 0.29) is 0 Å². The summed E-state index contributed by atoms with van der Waals surface area (Å²) in [6, 6.07) is 18.3. The highest BCUT2D eigenvalue weighted by atomic mass is 79.9. The second-order valence-corrected chi connectivity index (χ2v) is 7.05. The highest BCUT2D eigenvalue weighted by Gasteiger charge is 2.15. The highest BCUT2D eigenvalue weighted by Crippen LogP contribution is 2.25. The third-order valence-corrected chi connectivity index (χ3v) is 4.76. The molecule has 2 aromatic heterocycles. The molecule has 0 unspecified atom stereocenters. The molecule has 4 rings (SSSR count). The average molecular weight is 408 g/mol. The van der Waals surface area contributed by atoms with Gasteiger partial charge in [0.05, 0.1) is 5.69 Å². The molecule has 0 aliphatic carbocycles. The molecule has 0 aliphatic rings. The van der Waals surface area contributed by atoms with Crippen LogP contribution >= 0.6 is 15.9 Å². The molecule has 0 saturated carbocycles. The molecule has 0 amide bonds. The van der Waals surface area contributed by atoms with Crippen molar-refractivity contribution in [2.75, 3.05) is 5.32 Å². The fourth-order valence-electron chi connectivity index (χ4n) is 2.95. The Labute approximate surface area is 160 Å². The van der Waals surface area contributed by atoms with Crippen LogP contribution in [0.25, 0.3) is 16.9 Å². The number of rotatable bonds is 4. The van der Waals surface area contributed by atoms with E-state index in [4.69, 9.17) is 10.1 Å². The third kappa shape index (κ3) is 3.20. The van der Waals surface area contributed by atoms with Crippen molar-refractivity contribution in [2.45, 2.75) is 20.4 Å². The van der Waals surface area contributed by atoms with Gasteiger partial charge in [-0.05, 0) is 31.5 Å². The summed E-state index contributed by atoms with van der Waals surface area (Å²) in [6.45, 7) is 4.63. The van der Waals surface area contributed by atoms with Crippen molar-refractivity contribution in [2.24, 2.45) is 0 Å². The number of anilines is 1. The minimum Gasteiger partial charge on any atom is -0.364 e. The Morgan fingerprint density at radius 1 is 0.962 bits per heavy atom. The highest BCUT2D eigenvalue weighted by molar-refractivity contribution is 9.10. The zero-order chi connectivity index (χ0) is 18.1. The molecule has 2 aromatic carbocycles. The molecule has 0 bridgehead atoms. The molecule has 0 atom stereocenters. The Kier molecular flexibility index (Phi) is 4.42. The summed E-state index contributed by atoms with van der Waals surface area (Å²) in [6.07, 6.45) is 0. The first-order valence-corrected chi connectivity index (χ1v) is 9.19. The molecule has 0 spiro atoms. The Balaban J connectivity index is 1.80. The van der Waals surface area contributed by atoms with E-state index < -0.39 is 0 Å². The fourth-order valence-corrected chi connectivity index (χ4v) is 3.22. The predicted molar refractivity (Wildman–Crippen MR) is 107 cm³/mol. The van der Waals surface area contributed by atoms with E-state index in [1.54, 1.807) is 0 Å². The second kappa shape index (κ2) is 6.88. The monoisotopic (exact) mass is 407 g/mol. The number of imidazole rings is 1. The van der Waals surface area contributed by atoms with Gasteiger partial charge in [0.25, 0.3) is 0 Å². The molecule has 0 fully saturated rings. The first kappa shape index (κ1) is 16.7. The van der Waals surface area contributed by atoms with Crippen LogP contribution in [0.1, 0.15) is 17.1 Å². The average Bonchev–Trinajstić information content (AvgIpc) is 2.95. The van der Waals surface area contributed by atoms with Crippen molar-refractivity contribution >= 4 is 27.3 Å². The summed E-state index contributed by atoms with van der Waals surface area (Å²) in [4.78, 5) is 9.36. The van der Waals surface area contributed by atoms with Gasteiger partial charge >= 0.3 is 0 Å². The van der Waals surface area contributed by atoms with Gasteiger partial charge in [0, 0.05) is 16.6 Å². The maximum absolute atomic E-state index is 4.79. The van der Waals surface area contributed by atoms with E-state index in [1.165, 1.54) is 5.56 Å². The van der Waals surface area contributed by atoms with Gasteiger partial charge in [0.1, 0.15) is 11.3 Å². The fraction of sp³-hybridized carbons (Fsp3) is 0.150. The Morgan fingerprint density at radius 2 is 1.69 bits per heavy atom. The zero-order valence-corrected chi connectivity index (χ0v) is 16.2. The molecule has 4 aromatic rings. The number of hydrogen-bond donors (Lipinski definition) is 1. The lowest BCUT2D eigenvalue weighted by Crippen LogP contribution is -2.08. The van der Waals surface area contributed by atoms with E-state index >= 15 is 0 Å². The molecule has 2 heterocycles. The topological polar surface area (TPSA) is 55.1 Å². The van der Waals surface area contributed by atoms with Crippen LogP contribution in [0.2, 0.25) is 0 Å². The van der Waals surface area contributed by atoms with E-state index in [0.717, 1.165) is 32.9 Å². The van der Waals surface area contributed by atoms with Crippen molar-refractivity contribution in [1.82, 2.24) is 19.6 Å². The van der Waals surface area contributed by atoms with Crippen LogP contribution in [0.15, 0.2) is 59.1 Å². The van der Waals surface area contributed by atoms with E-state index in [1.807, 2.05) is 60.8 Å². The summed E-state index contributed by atoms with van der Waals surface area (Å²) >= 11 is 3.47. The molecule has 1 N–H and O–H groups in total. The maximum Gasteiger partial charge on any atom is 0.182 e. The van der Waals surface area contributed by atoms with Gasteiger partial charge in [0.15, 0.2) is 11.6 Å². The van der Waals surface area contributed by atoms with Gasteiger partial charge in [0.2, 0.25) is 0 Å². The van der Waals surface area contributed by atoms with Gasteiger partial charge in [-0.15, -0.1) is 5.10 Å². The van der Waals surface area contributed by atoms with Gasteiger partial charge in [-0.3, -0.25) is 0 Å². The summed E-state index contributed by atoms with van der Waals surface area (Å²) in [5.74, 6) is 2.31. The molecule has 26 heavy (non-hydrogen) atoms. The van der Waals surface area contributed by atoms with Crippen LogP contribution in [0, 0.1) is 13.8 Å². The van der Waals surface area contributed by atoms with E-state index in [0.29, 0.717) is 12.4 Å². The number of aryl methyl sites for hydroxylation is 2. The zero-order valence-electron chi connectivity index (χ0n) is 14.6. The standard InChI is InChI=1S/C20H18BrN5/c1-13-18-20(22-12-15-6-4-3-5-7-15)24-19(25-26(18)14(2)23-13)16-8-10-17(21)11-9-16/h3-11H,12H2,1-2H3,(H,22,24,25). The van der Waals surface area contributed by atoms with Crippen LogP contribution in [-0.2, 0) is 6.54 Å². The van der Waals surface area contributed by atoms with Gasteiger partial charge in [-0.25, -0.2) is 14.5 Å². The van der Waals surface area contributed by atoms with Gasteiger partial charge < -0.3 is 5.32 Å². The minimum atomic E-state index is 0.668. The number of fused-ring (bicyclic) bond motifs is 1. The number of benzene rings is 2. The Morgan fingerprint density at radius 3 is 2.42 bits per heavy atom. The maximum atomic E-state index is 4.79. The van der Waals surface area contributed by atoms with Crippen LogP contribution in [0.3, 0.4) is 0 Å². The quantitative estimate of drug-likeness (QED) is 0.528. The molecule has 6 heteroatoms. The molecular weight excluding hydrogens is 390 g/mol. The summed E-state index contributed by atoms with van der Waals surface area (Å²) < 4.78 is 2.90. The normalized spacial score (nSPS) is 11.0. The summed E-state index contributed by atoms with van der Waals surface area (Å²) in [5.41, 5.74) is 3.99. The predicted octanol–water partition coefficient (Wildman–Crippen LogP) is 4.78. The lowest BCUT2D eigenvalue weighted by Gasteiger charge is -2.11. The van der Waals surface area contributed by atoms with Crippen molar-refractivity contribution < 1.29 is 0 Å². The molecular formula is C20H18BrN5. The van der Waals surface area contributed by atoms with Crippen LogP contribution in [0.4, 0.5) is 5.82 Å². The third-order valence-electron chi connectivity index (χ3n) is 4.23. The molecule has 0 saturated heterocycles. The SMILES string of the molecule is Cc1nc(C)n2nc(-c3ccc(Br)cc3)nc(NCc3ccccc3)c12. The first-order chi connectivity index (χ1) is 12.6. The van der Waals surface area contributed by atoms with E-state index in [2.05, 4.69) is 38.4 Å². The lowest BCUT2D eigenvalue weighted by molar-refractivity contribution is 0.858. The largest absolute Gasteiger partial charge is 0.364 e. The molecule has 0 aliphatic heterocycles. The lowest BCUT2D eigenvalue weighted by atomic mass is 10.2. The number of hydrogen-bond acceptors (Lipinski definition) is 4. The van der Waals surface area contributed by atoms with Gasteiger partial charge in [-0.1, -0.05) is 58.4 Å². The van der Waals surface area contributed by atoms with Crippen molar-refractivity contribution in [3.8, 4) is 11.4 Å². The van der Waals surface area contributed by atoms with Crippen LogP contribution in [-0.4, -0.2) is 19.6 Å². The molecule has 0 radical (unpaired) electrons. The first-order valence-electron chi connectivity index (χ1n) is 8.39. The van der Waals surface area contributed by atoms with Crippen molar-refractivity contribution in [3.63, 3.8) is 0 Å².